The van der Waals surface area contributed by atoms with Crippen LogP contribution < -0.4 is 10.1 Å². The van der Waals surface area contributed by atoms with Gasteiger partial charge >= 0.3 is 0 Å². The van der Waals surface area contributed by atoms with E-state index in [0.717, 1.165) is 30.9 Å². The van der Waals surface area contributed by atoms with Crippen molar-refractivity contribution < 1.29 is 14.3 Å². The molecule has 1 amide bonds. The summed E-state index contributed by atoms with van der Waals surface area (Å²) in [7, 11) is 0. The predicted octanol–water partition coefficient (Wildman–Crippen LogP) is 2.13. The summed E-state index contributed by atoms with van der Waals surface area (Å²) in [5, 5.41) is 2.94. The summed E-state index contributed by atoms with van der Waals surface area (Å²) >= 11 is 0. The van der Waals surface area contributed by atoms with E-state index in [1.54, 1.807) is 0 Å². The molecule has 0 radical (unpaired) electrons. The first-order valence-corrected chi connectivity index (χ1v) is 7.54. The number of carbonyl (C=O) groups excluding carboxylic acids is 1. The molecular weight excluding hydrogens is 268 g/mol. The molecule has 1 unspecified atom stereocenters. The number of nitrogens with one attached hydrogen (secondary N) is 1. The summed E-state index contributed by atoms with van der Waals surface area (Å²) in [6.45, 7) is 7.39. The fourth-order valence-corrected chi connectivity index (χ4v) is 2.33. The Kier molecular flexibility index (Phi) is 6.02. The van der Waals surface area contributed by atoms with E-state index in [-0.39, 0.29) is 12.0 Å². The van der Waals surface area contributed by atoms with Gasteiger partial charge in [-0.15, -0.1) is 0 Å². The molecule has 1 saturated heterocycles. The van der Waals surface area contributed by atoms with Gasteiger partial charge in [0.25, 0.3) is 0 Å². The fraction of sp³-hybridized carbons (Fsp3) is 0.562. The van der Waals surface area contributed by atoms with Crippen molar-refractivity contribution in [3.63, 3.8) is 0 Å². The Morgan fingerprint density at radius 1 is 1.48 bits per heavy atom. The van der Waals surface area contributed by atoms with Crippen molar-refractivity contribution >= 4 is 11.6 Å². The molecule has 116 valence electrons. The maximum atomic E-state index is 12.2. The van der Waals surface area contributed by atoms with Gasteiger partial charge in [0.1, 0.15) is 5.75 Å². The number of carbonyl (C=O) groups is 1. The highest BCUT2D eigenvalue weighted by molar-refractivity contribution is 5.93. The highest BCUT2D eigenvalue weighted by Crippen LogP contribution is 2.23. The van der Waals surface area contributed by atoms with Crippen LogP contribution in [0.1, 0.15) is 20.3 Å². The van der Waals surface area contributed by atoms with Gasteiger partial charge in [0.2, 0.25) is 5.91 Å². The standard InChI is InChI=1S/C16H24N2O3/c1-3-9-21-15-7-5-4-6-14(15)17-16(19)12-18-8-10-20-13(2)11-18/h4-7,13H,3,8-12H2,1-2H3,(H,17,19). The van der Waals surface area contributed by atoms with Crippen molar-refractivity contribution in [2.24, 2.45) is 0 Å². The first-order valence-electron chi connectivity index (χ1n) is 7.54. The normalized spacial score (nSPS) is 19.2. The van der Waals surface area contributed by atoms with E-state index in [2.05, 4.69) is 17.1 Å². The minimum absolute atomic E-state index is 0.0170. The summed E-state index contributed by atoms with van der Waals surface area (Å²) in [6, 6.07) is 7.54. The molecule has 1 aliphatic rings. The molecule has 1 aromatic rings. The lowest BCUT2D eigenvalue weighted by Crippen LogP contribution is -2.44. The molecule has 1 aliphatic heterocycles. The van der Waals surface area contributed by atoms with Gasteiger partial charge in [0, 0.05) is 13.1 Å². The molecule has 1 fully saturated rings. The van der Waals surface area contributed by atoms with Crippen molar-refractivity contribution in [2.75, 3.05) is 38.2 Å². The Morgan fingerprint density at radius 2 is 2.29 bits per heavy atom. The molecule has 1 aromatic carbocycles. The maximum absolute atomic E-state index is 12.2. The molecule has 0 spiro atoms. The summed E-state index contributed by atoms with van der Waals surface area (Å²) < 4.78 is 11.1. The highest BCUT2D eigenvalue weighted by Gasteiger charge is 2.19. The van der Waals surface area contributed by atoms with Crippen LogP contribution in [-0.4, -0.2) is 49.8 Å². The van der Waals surface area contributed by atoms with Crippen LogP contribution in [0, 0.1) is 0 Å². The number of anilines is 1. The number of hydrogen-bond acceptors (Lipinski definition) is 4. The van der Waals surface area contributed by atoms with Crippen molar-refractivity contribution in [1.82, 2.24) is 4.90 Å². The van der Waals surface area contributed by atoms with Gasteiger partial charge in [-0.1, -0.05) is 19.1 Å². The fourth-order valence-electron chi connectivity index (χ4n) is 2.33. The number of hydrogen-bond donors (Lipinski definition) is 1. The topological polar surface area (TPSA) is 50.8 Å². The number of para-hydroxylation sites is 2. The SMILES string of the molecule is CCCOc1ccccc1NC(=O)CN1CCOC(C)C1. The van der Waals surface area contributed by atoms with Gasteiger partial charge in [-0.3, -0.25) is 9.69 Å². The average Bonchev–Trinajstić information content (AvgIpc) is 2.46. The van der Waals surface area contributed by atoms with E-state index < -0.39 is 0 Å². The Hall–Kier alpha value is -1.59. The van der Waals surface area contributed by atoms with E-state index in [1.807, 2.05) is 31.2 Å². The van der Waals surface area contributed by atoms with Crippen molar-refractivity contribution in [3.8, 4) is 5.75 Å². The zero-order valence-corrected chi connectivity index (χ0v) is 12.8. The average molecular weight is 292 g/mol. The van der Waals surface area contributed by atoms with E-state index in [4.69, 9.17) is 9.47 Å². The Labute approximate surface area is 126 Å². The van der Waals surface area contributed by atoms with E-state index in [9.17, 15) is 4.79 Å². The van der Waals surface area contributed by atoms with Crippen molar-refractivity contribution in [1.29, 1.82) is 0 Å². The lowest BCUT2D eigenvalue weighted by atomic mass is 10.2. The number of benzene rings is 1. The molecule has 0 saturated carbocycles. The van der Waals surface area contributed by atoms with Crippen LogP contribution in [0.2, 0.25) is 0 Å². The molecule has 0 aromatic heterocycles. The number of nitrogens with zero attached hydrogens (tertiary/aromatic N) is 1. The molecular formula is C16H24N2O3. The van der Waals surface area contributed by atoms with Crippen LogP contribution in [0.25, 0.3) is 0 Å². The van der Waals surface area contributed by atoms with Crippen molar-refractivity contribution in [2.45, 2.75) is 26.4 Å². The molecule has 0 bridgehead atoms. The predicted molar refractivity (Wildman–Crippen MR) is 82.7 cm³/mol. The van der Waals surface area contributed by atoms with Crippen LogP contribution in [0.3, 0.4) is 0 Å². The monoisotopic (exact) mass is 292 g/mol. The second-order valence-electron chi connectivity index (χ2n) is 5.31. The summed E-state index contributed by atoms with van der Waals surface area (Å²) in [5.41, 5.74) is 0.734. The van der Waals surface area contributed by atoms with E-state index in [1.165, 1.54) is 0 Å². The Balaban J connectivity index is 1.90. The number of ether oxygens (including phenoxy) is 2. The Bertz CT molecular complexity index is 465. The van der Waals surface area contributed by atoms with Gasteiger partial charge in [0.15, 0.2) is 0 Å². The molecule has 2 rings (SSSR count). The van der Waals surface area contributed by atoms with Crippen molar-refractivity contribution in [3.05, 3.63) is 24.3 Å². The lowest BCUT2D eigenvalue weighted by molar-refractivity contribution is -0.119. The number of rotatable bonds is 6. The maximum Gasteiger partial charge on any atom is 0.238 e. The number of morpholine rings is 1. The smallest absolute Gasteiger partial charge is 0.238 e. The molecule has 1 N–H and O–H groups in total. The third kappa shape index (κ3) is 5.02. The highest BCUT2D eigenvalue weighted by atomic mass is 16.5. The zero-order valence-electron chi connectivity index (χ0n) is 12.8. The van der Waals surface area contributed by atoms with Gasteiger partial charge < -0.3 is 14.8 Å². The second-order valence-corrected chi connectivity index (χ2v) is 5.31. The van der Waals surface area contributed by atoms with Crippen LogP contribution >= 0.6 is 0 Å². The van der Waals surface area contributed by atoms with Gasteiger partial charge in [0.05, 0.1) is 31.5 Å². The molecule has 5 heteroatoms. The van der Waals surface area contributed by atoms with Crippen LogP contribution in [0.4, 0.5) is 5.69 Å². The number of amides is 1. The third-order valence-corrected chi connectivity index (χ3v) is 3.32. The van der Waals surface area contributed by atoms with Gasteiger partial charge in [-0.05, 0) is 25.5 Å². The summed E-state index contributed by atoms with van der Waals surface area (Å²) in [5.74, 6) is 0.708. The van der Waals surface area contributed by atoms with Crippen LogP contribution in [0.15, 0.2) is 24.3 Å². The lowest BCUT2D eigenvalue weighted by Gasteiger charge is -2.30. The molecule has 1 atom stereocenters. The van der Waals surface area contributed by atoms with E-state index >= 15 is 0 Å². The van der Waals surface area contributed by atoms with Gasteiger partial charge in [-0.2, -0.15) is 0 Å². The minimum Gasteiger partial charge on any atom is -0.491 e. The molecule has 21 heavy (non-hydrogen) atoms. The van der Waals surface area contributed by atoms with E-state index in [0.29, 0.717) is 19.8 Å². The molecule has 0 aliphatic carbocycles. The van der Waals surface area contributed by atoms with Crippen LogP contribution in [0.5, 0.6) is 5.75 Å². The van der Waals surface area contributed by atoms with Crippen LogP contribution in [-0.2, 0) is 9.53 Å². The largest absolute Gasteiger partial charge is 0.491 e. The summed E-state index contributed by atoms with van der Waals surface area (Å²) in [6.07, 6.45) is 1.13. The van der Waals surface area contributed by atoms with Gasteiger partial charge in [-0.25, -0.2) is 0 Å². The first kappa shape index (κ1) is 15.8. The first-order chi connectivity index (χ1) is 10.2. The zero-order chi connectivity index (χ0) is 15.1. The quantitative estimate of drug-likeness (QED) is 0.872. The second kappa shape index (κ2) is 8.00. The molecule has 1 heterocycles. The minimum atomic E-state index is -0.0170. The summed E-state index contributed by atoms with van der Waals surface area (Å²) in [4.78, 5) is 14.3. The third-order valence-electron chi connectivity index (χ3n) is 3.32. The Morgan fingerprint density at radius 3 is 3.05 bits per heavy atom. The molecule has 5 nitrogen and oxygen atoms in total.